The average molecular weight is 222 g/mol. The molecule has 0 aromatic heterocycles. The summed E-state index contributed by atoms with van der Waals surface area (Å²) in [6.45, 7) is 8.93. The molecule has 0 aliphatic rings. The monoisotopic (exact) mass is 222 g/mol. The molecule has 1 rings (SSSR count). The Morgan fingerprint density at radius 1 is 1.27 bits per heavy atom. The van der Waals surface area contributed by atoms with E-state index in [-0.39, 0.29) is 5.41 Å². The normalized spacial score (nSPS) is 14.1. The minimum Gasteiger partial charge on any atom is -0.425 e. The van der Waals surface area contributed by atoms with Crippen LogP contribution in [0.5, 0.6) is 0 Å². The zero-order valence-corrected chi connectivity index (χ0v) is 12.5. The molecule has 0 fully saturated rings. The van der Waals surface area contributed by atoms with Crippen LogP contribution in [0.4, 0.5) is 0 Å². The van der Waals surface area contributed by atoms with E-state index in [9.17, 15) is 0 Å². The molecule has 15 heavy (non-hydrogen) atoms. The second kappa shape index (κ2) is 4.95. The predicted octanol–water partition coefficient (Wildman–Crippen LogP) is 2.21. The Morgan fingerprint density at radius 3 is 2.40 bits per heavy atom. The van der Waals surface area contributed by atoms with Gasteiger partial charge in [-0.25, -0.2) is 0 Å². The summed E-state index contributed by atoms with van der Waals surface area (Å²) in [5.41, 5.74) is 3.09. The molecule has 84 valence electrons. The average Bonchev–Trinajstić information content (AvgIpc) is 2.17. The SMILES string of the molecule is CC(Cc1ccccc1C(C)(C)C)O[SiH3]. The molecule has 0 N–H and O–H groups in total. The Morgan fingerprint density at radius 2 is 1.87 bits per heavy atom. The zero-order chi connectivity index (χ0) is 11.5. The van der Waals surface area contributed by atoms with Crippen molar-refractivity contribution < 1.29 is 4.43 Å². The first kappa shape index (κ1) is 12.5. The molecule has 1 atom stereocenters. The van der Waals surface area contributed by atoms with Crippen molar-refractivity contribution in [3.63, 3.8) is 0 Å². The quantitative estimate of drug-likeness (QED) is 0.713. The van der Waals surface area contributed by atoms with Crippen molar-refractivity contribution in [2.75, 3.05) is 0 Å². The lowest BCUT2D eigenvalue weighted by atomic mass is 9.82. The number of hydrogen-bond donors (Lipinski definition) is 0. The second-order valence-corrected chi connectivity index (χ2v) is 5.63. The van der Waals surface area contributed by atoms with Gasteiger partial charge in [0.15, 0.2) is 0 Å². The van der Waals surface area contributed by atoms with Crippen LogP contribution in [0.15, 0.2) is 24.3 Å². The molecular formula is C13H22OSi. The van der Waals surface area contributed by atoms with Crippen molar-refractivity contribution in [2.24, 2.45) is 0 Å². The van der Waals surface area contributed by atoms with Gasteiger partial charge in [0.05, 0.1) is 0 Å². The van der Waals surface area contributed by atoms with Gasteiger partial charge in [-0.05, 0) is 29.9 Å². The van der Waals surface area contributed by atoms with Gasteiger partial charge < -0.3 is 4.43 Å². The topological polar surface area (TPSA) is 9.23 Å². The highest BCUT2D eigenvalue weighted by Gasteiger charge is 2.17. The molecule has 0 saturated heterocycles. The molecule has 0 amide bonds. The standard InChI is InChI=1S/C13H22OSi/c1-10(14-15)9-11-7-5-6-8-12(11)13(2,3)4/h5-8,10H,9H2,1-4,15H3. The number of hydrogen-bond acceptors (Lipinski definition) is 1. The summed E-state index contributed by atoms with van der Waals surface area (Å²) in [4.78, 5) is 0. The molecule has 1 aromatic carbocycles. The fraction of sp³-hybridized carbons (Fsp3) is 0.538. The maximum Gasteiger partial charge on any atom is 0.146 e. The van der Waals surface area contributed by atoms with Gasteiger partial charge >= 0.3 is 0 Å². The van der Waals surface area contributed by atoms with Crippen LogP contribution < -0.4 is 0 Å². The van der Waals surface area contributed by atoms with Gasteiger partial charge in [-0.2, -0.15) is 0 Å². The summed E-state index contributed by atoms with van der Waals surface area (Å²) < 4.78 is 5.46. The van der Waals surface area contributed by atoms with E-state index in [1.807, 2.05) is 0 Å². The van der Waals surface area contributed by atoms with Crippen LogP contribution in [0, 0.1) is 0 Å². The van der Waals surface area contributed by atoms with Crippen LogP contribution in [0.25, 0.3) is 0 Å². The van der Waals surface area contributed by atoms with E-state index in [4.69, 9.17) is 4.43 Å². The number of rotatable bonds is 3. The molecule has 0 heterocycles. The van der Waals surface area contributed by atoms with Crippen LogP contribution in [-0.4, -0.2) is 16.6 Å². The van der Waals surface area contributed by atoms with E-state index >= 15 is 0 Å². The molecule has 1 nitrogen and oxygen atoms in total. The van der Waals surface area contributed by atoms with Crippen LogP contribution in [-0.2, 0) is 16.3 Å². The van der Waals surface area contributed by atoms with E-state index in [0.717, 1.165) is 16.9 Å². The van der Waals surface area contributed by atoms with Crippen LogP contribution in [0.3, 0.4) is 0 Å². The summed E-state index contributed by atoms with van der Waals surface area (Å²) in [5.74, 6) is 0. The lowest BCUT2D eigenvalue weighted by molar-refractivity contribution is 0.243. The summed E-state index contributed by atoms with van der Waals surface area (Å²) in [6.07, 6.45) is 1.37. The minimum atomic E-state index is 0.224. The van der Waals surface area contributed by atoms with Gasteiger partial charge in [-0.3, -0.25) is 0 Å². The Bertz CT molecular complexity index is 315. The first-order chi connectivity index (χ1) is 6.95. The highest BCUT2D eigenvalue weighted by Crippen LogP contribution is 2.26. The van der Waals surface area contributed by atoms with Gasteiger partial charge in [0.2, 0.25) is 0 Å². The van der Waals surface area contributed by atoms with Gasteiger partial charge in [0.1, 0.15) is 10.5 Å². The molecule has 1 aromatic rings. The minimum absolute atomic E-state index is 0.224. The summed E-state index contributed by atoms with van der Waals surface area (Å²) in [7, 11) is 0.821. The van der Waals surface area contributed by atoms with Crippen molar-refractivity contribution in [1.82, 2.24) is 0 Å². The first-order valence-corrected chi connectivity index (χ1v) is 6.38. The Kier molecular flexibility index (Phi) is 4.11. The lowest BCUT2D eigenvalue weighted by Crippen LogP contribution is -2.17. The maximum absolute atomic E-state index is 5.46. The summed E-state index contributed by atoms with van der Waals surface area (Å²) >= 11 is 0. The molecule has 2 heteroatoms. The van der Waals surface area contributed by atoms with Crippen LogP contribution in [0.1, 0.15) is 38.8 Å². The van der Waals surface area contributed by atoms with Crippen molar-refractivity contribution in [3.8, 4) is 0 Å². The largest absolute Gasteiger partial charge is 0.425 e. The third-order valence-electron chi connectivity index (χ3n) is 2.74. The zero-order valence-electron chi connectivity index (χ0n) is 10.5. The molecule has 0 radical (unpaired) electrons. The highest BCUT2D eigenvalue weighted by molar-refractivity contribution is 5.98. The van der Waals surface area contributed by atoms with E-state index in [0.29, 0.717) is 6.10 Å². The highest BCUT2D eigenvalue weighted by atomic mass is 28.2. The molecule has 0 bridgehead atoms. The Balaban J connectivity index is 2.97. The van der Waals surface area contributed by atoms with Crippen molar-refractivity contribution in [3.05, 3.63) is 35.4 Å². The van der Waals surface area contributed by atoms with Gasteiger partial charge in [0, 0.05) is 6.10 Å². The van der Waals surface area contributed by atoms with Crippen LogP contribution in [0.2, 0.25) is 0 Å². The fourth-order valence-corrected chi connectivity index (χ4v) is 1.99. The van der Waals surface area contributed by atoms with Crippen molar-refractivity contribution in [1.29, 1.82) is 0 Å². The second-order valence-electron chi connectivity index (χ2n) is 5.16. The van der Waals surface area contributed by atoms with Crippen LogP contribution >= 0.6 is 0 Å². The Hall–Kier alpha value is -0.603. The van der Waals surface area contributed by atoms with E-state index in [1.54, 1.807) is 0 Å². The first-order valence-electron chi connectivity index (χ1n) is 5.56. The lowest BCUT2D eigenvalue weighted by Gasteiger charge is -2.24. The molecule has 1 unspecified atom stereocenters. The van der Waals surface area contributed by atoms with Gasteiger partial charge in [0.25, 0.3) is 0 Å². The van der Waals surface area contributed by atoms with E-state index < -0.39 is 0 Å². The fourth-order valence-electron chi connectivity index (χ4n) is 1.82. The molecule has 0 saturated carbocycles. The maximum atomic E-state index is 5.46. The smallest absolute Gasteiger partial charge is 0.146 e. The molecule has 0 spiro atoms. The van der Waals surface area contributed by atoms with Crippen molar-refractivity contribution in [2.45, 2.75) is 45.6 Å². The third kappa shape index (κ3) is 3.47. The molecule has 0 aliphatic carbocycles. The summed E-state index contributed by atoms with van der Waals surface area (Å²) in [5, 5.41) is 0. The summed E-state index contributed by atoms with van der Waals surface area (Å²) in [6, 6.07) is 8.69. The Labute approximate surface area is 96.4 Å². The molecular weight excluding hydrogens is 200 g/mol. The number of benzene rings is 1. The molecule has 0 aliphatic heterocycles. The van der Waals surface area contributed by atoms with Crippen molar-refractivity contribution >= 4 is 10.5 Å². The van der Waals surface area contributed by atoms with E-state index in [1.165, 1.54) is 11.1 Å². The third-order valence-corrected chi connectivity index (χ3v) is 3.54. The predicted molar refractivity (Wildman–Crippen MR) is 69.3 cm³/mol. The van der Waals surface area contributed by atoms with E-state index in [2.05, 4.69) is 52.0 Å². The van der Waals surface area contributed by atoms with Gasteiger partial charge in [-0.15, -0.1) is 0 Å². The van der Waals surface area contributed by atoms with Gasteiger partial charge in [-0.1, -0.05) is 45.0 Å².